The third-order valence-electron chi connectivity index (χ3n) is 3.88. The SMILES string of the molecule is Cl.O=C(NCC(F)(F)F)c1ccc(NC(=O)c2n[nH]c3c2CNCC3)cc1. The van der Waals surface area contributed by atoms with Crippen molar-refractivity contribution >= 4 is 29.9 Å². The van der Waals surface area contributed by atoms with E-state index >= 15 is 0 Å². The second-order valence-corrected chi connectivity index (χ2v) is 5.79. The first-order valence-corrected chi connectivity index (χ1v) is 7.87. The Bertz CT molecular complexity index is 820. The van der Waals surface area contributed by atoms with Gasteiger partial charge in [0.25, 0.3) is 11.8 Å². The fourth-order valence-corrected chi connectivity index (χ4v) is 2.59. The fourth-order valence-electron chi connectivity index (χ4n) is 2.59. The molecule has 7 nitrogen and oxygen atoms in total. The highest BCUT2D eigenvalue weighted by Crippen LogP contribution is 2.18. The van der Waals surface area contributed by atoms with Crippen LogP contribution in [-0.4, -0.2) is 41.3 Å². The van der Waals surface area contributed by atoms with Gasteiger partial charge in [-0.2, -0.15) is 18.3 Å². The van der Waals surface area contributed by atoms with E-state index < -0.39 is 24.5 Å². The number of hydrogen-bond donors (Lipinski definition) is 4. The molecular weight excluding hydrogens is 387 g/mol. The summed E-state index contributed by atoms with van der Waals surface area (Å²) >= 11 is 0. The van der Waals surface area contributed by atoms with Crippen molar-refractivity contribution in [1.29, 1.82) is 0 Å². The van der Waals surface area contributed by atoms with Gasteiger partial charge in [0.15, 0.2) is 5.69 Å². The van der Waals surface area contributed by atoms with Crippen molar-refractivity contribution in [1.82, 2.24) is 20.8 Å². The second kappa shape index (κ2) is 8.40. The summed E-state index contributed by atoms with van der Waals surface area (Å²) in [6.07, 6.45) is -3.71. The number of carbonyl (C=O) groups is 2. The molecule has 0 fully saturated rings. The van der Waals surface area contributed by atoms with Gasteiger partial charge in [-0.25, -0.2) is 0 Å². The first kappa shape index (κ1) is 20.7. The maximum absolute atomic E-state index is 12.4. The summed E-state index contributed by atoms with van der Waals surface area (Å²) in [5.41, 5.74) is 2.50. The average molecular weight is 404 g/mol. The van der Waals surface area contributed by atoms with Crippen LogP contribution >= 0.6 is 12.4 Å². The van der Waals surface area contributed by atoms with Crippen LogP contribution in [0.2, 0.25) is 0 Å². The van der Waals surface area contributed by atoms with Crippen LogP contribution in [0.25, 0.3) is 0 Å². The molecule has 11 heteroatoms. The first-order valence-electron chi connectivity index (χ1n) is 7.87. The van der Waals surface area contributed by atoms with Gasteiger partial charge in [-0.15, -0.1) is 12.4 Å². The lowest BCUT2D eigenvalue weighted by Gasteiger charge is -2.13. The van der Waals surface area contributed by atoms with Crippen LogP contribution in [-0.2, 0) is 13.0 Å². The number of halogens is 4. The van der Waals surface area contributed by atoms with Gasteiger partial charge in [0.1, 0.15) is 6.54 Å². The van der Waals surface area contributed by atoms with Crippen molar-refractivity contribution in [2.75, 3.05) is 18.4 Å². The highest BCUT2D eigenvalue weighted by atomic mass is 35.5. The van der Waals surface area contributed by atoms with Gasteiger partial charge < -0.3 is 16.0 Å². The van der Waals surface area contributed by atoms with Gasteiger partial charge in [0, 0.05) is 42.0 Å². The molecule has 4 N–H and O–H groups in total. The smallest absolute Gasteiger partial charge is 0.343 e. The van der Waals surface area contributed by atoms with E-state index in [0.29, 0.717) is 17.9 Å². The lowest BCUT2D eigenvalue weighted by molar-refractivity contribution is -0.123. The van der Waals surface area contributed by atoms with Crippen molar-refractivity contribution < 1.29 is 22.8 Å². The van der Waals surface area contributed by atoms with E-state index in [9.17, 15) is 22.8 Å². The van der Waals surface area contributed by atoms with E-state index in [1.165, 1.54) is 24.3 Å². The molecular formula is C16H17ClF3N5O2. The lowest BCUT2D eigenvalue weighted by atomic mass is 10.1. The minimum absolute atomic E-state index is 0. The number of amides is 2. The zero-order chi connectivity index (χ0) is 18.7. The van der Waals surface area contributed by atoms with E-state index in [-0.39, 0.29) is 18.0 Å². The van der Waals surface area contributed by atoms with Crippen LogP contribution in [0.4, 0.5) is 18.9 Å². The molecule has 1 aromatic heterocycles. The Morgan fingerprint density at radius 2 is 1.85 bits per heavy atom. The monoisotopic (exact) mass is 403 g/mol. The summed E-state index contributed by atoms with van der Waals surface area (Å²) in [7, 11) is 0. The first-order chi connectivity index (χ1) is 12.3. The highest BCUT2D eigenvalue weighted by molar-refractivity contribution is 6.04. The van der Waals surface area contributed by atoms with Gasteiger partial charge >= 0.3 is 6.18 Å². The normalized spacial score (nSPS) is 13.3. The molecule has 2 aromatic rings. The number of hydrogen-bond acceptors (Lipinski definition) is 4. The van der Waals surface area contributed by atoms with Crippen LogP contribution in [0.1, 0.15) is 32.1 Å². The molecule has 0 saturated heterocycles. The third kappa shape index (κ3) is 5.20. The third-order valence-corrected chi connectivity index (χ3v) is 3.88. The molecule has 0 atom stereocenters. The number of nitrogens with one attached hydrogen (secondary N) is 4. The number of nitrogens with zero attached hydrogens (tertiary/aromatic N) is 1. The summed E-state index contributed by atoms with van der Waals surface area (Å²) < 4.78 is 36.4. The van der Waals surface area contributed by atoms with E-state index in [4.69, 9.17) is 0 Å². The number of aromatic amines is 1. The molecule has 27 heavy (non-hydrogen) atoms. The van der Waals surface area contributed by atoms with Crippen LogP contribution in [0.15, 0.2) is 24.3 Å². The number of benzene rings is 1. The van der Waals surface area contributed by atoms with Crippen molar-refractivity contribution in [2.45, 2.75) is 19.1 Å². The van der Waals surface area contributed by atoms with E-state index in [1.807, 2.05) is 0 Å². The van der Waals surface area contributed by atoms with Crippen molar-refractivity contribution in [3.05, 3.63) is 46.8 Å². The van der Waals surface area contributed by atoms with Crippen LogP contribution < -0.4 is 16.0 Å². The highest BCUT2D eigenvalue weighted by Gasteiger charge is 2.28. The van der Waals surface area contributed by atoms with Crippen LogP contribution in [0.3, 0.4) is 0 Å². The van der Waals surface area contributed by atoms with Gasteiger partial charge in [-0.05, 0) is 24.3 Å². The molecule has 1 aliphatic rings. The average Bonchev–Trinajstić information content (AvgIpc) is 3.04. The Morgan fingerprint density at radius 1 is 1.15 bits per heavy atom. The molecule has 2 amide bonds. The Balaban J connectivity index is 0.00000261. The summed E-state index contributed by atoms with van der Waals surface area (Å²) in [5, 5.41) is 14.5. The van der Waals surface area contributed by atoms with E-state index in [1.54, 1.807) is 5.32 Å². The van der Waals surface area contributed by atoms with E-state index in [0.717, 1.165) is 24.2 Å². The minimum Gasteiger partial charge on any atom is -0.343 e. The zero-order valence-corrected chi connectivity index (χ0v) is 14.8. The second-order valence-electron chi connectivity index (χ2n) is 5.79. The van der Waals surface area contributed by atoms with Crippen molar-refractivity contribution in [2.24, 2.45) is 0 Å². The molecule has 0 bridgehead atoms. The molecule has 0 radical (unpaired) electrons. The summed E-state index contributed by atoms with van der Waals surface area (Å²) in [5.74, 6) is -1.24. The van der Waals surface area contributed by atoms with Crippen molar-refractivity contribution in [3.63, 3.8) is 0 Å². The summed E-state index contributed by atoms with van der Waals surface area (Å²) in [4.78, 5) is 24.0. The van der Waals surface area contributed by atoms with Crippen LogP contribution in [0.5, 0.6) is 0 Å². The molecule has 0 spiro atoms. The summed E-state index contributed by atoms with van der Waals surface area (Å²) in [6, 6.07) is 5.56. The lowest BCUT2D eigenvalue weighted by Crippen LogP contribution is -2.33. The largest absolute Gasteiger partial charge is 0.405 e. The van der Waals surface area contributed by atoms with E-state index in [2.05, 4.69) is 20.8 Å². The van der Waals surface area contributed by atoms with Gasteiger partial charge in [-0.3, -0.25) is 14.7 Å². The van der Waals surface area contributed by atoms with Gasteiger partial charge in [0.05, 0.1) is 0 Å². The number of aromatic nitrogens is 2. The van der Waals surface area contributed by atoms with Crippen molar-refractivity contribution in [3.8, 4) is 0 Å². The van der Waals surface area contributed by atoms with Crippen LogP contribution in [0, 0.1) is 0 Å². The number of fused-ring (bicyclic) bond motifs is 1. The number of H-pyrrole nitrogens is 1. The maximum atomic E-state index is 12.4. The summed E-state index contributed by atoms with van der Waals surface area (Å²) in [6.45, 7) is -0.0381. The molecule has 0 aliphatic carbocycles. The zero-order valence-electron chi connectivity index (χ0n) is 13.9. The van der Waals surface area contributed by atoms with Gasteiger partial charge in [0.2, 0.25) is 0 Å². The predicted molar refractivity (Wildman–Crippen MR) is 94.0 cm³/mol. The number of rotatable bonds is 4. The molecule has 3 rings (SSSR count). The molecule has 0 saturated carbocycles. The molecule has 146 valence electrons. The minimum atomic E-state index is -4.47. The topological polar surface area (TPSA) is 98.9 Å². The number of anilines is 1. The van der Waals surface area contributed by atoms with Gasteiger partial charge in [-0.1, -0.05) is 0 Å². The Morgan fingerprint density at radius 3 is 2.52 bits per heavy atom. The molecule has 2 heterocycles. The number of carbonyl (C=O) groups excluding carboxylic acids is 2. The Hall–Kier alpha value is -2.59. The fraction of sp³-hybridized carbons (Fsp3) is 0.312. The predicted octanol–water partition coefficient (Wildman–Crippen LogP) is 2.02. The standard InChI is InChI=1S/C16H16F3N5O2.ClH/c17-16(18,19)8-21-14(25)9-1-3-10(4-2-9)22-15(26)13-11-7-20-6-5-12(11)23-24-13;/h1-4,20H,5-8H2,(H,21,25)(H,22,26)(H,23,24);1H. The Kier molecular flexibility index (Phi) is 6.45. The molecule has 1 aliphatic heterocycles. The maximum Gasteiger partial charge on any atom is 0.405 e. The number of alkyl halides is 3. The quantitative estimate of drug-likeness (QED) is 0.627. The Labute approximate surface area is 158 Å². The molecule has 0 unspecified atom stereocenters. The molecule has 1 aromatic carbocycles.